The van der Waals surface area contributed by atoms with Crippen LogP contribution >= 0.6 is 0 Å². The summed E-state index contributed by atoms with van der Waals surface area (Å²) in [5.41, 5.74) is 5.94. The van der Waals surface area contributed by atoms with E-state index in [0.717, 1.165) is 6.42 Å². The summed E-state index contributed by atoms with van der Waals surface area (Å²) in [6.45, 7) is 10.2. The quantitative estimate of drug-likeness (QED) is 0.133. The molecule has 2 aromatic carbocycles. The predicted octanol–water partition coefficient (Wildman–Crippen LogP) is 6.79. The molecule has 0 saturated carbocycles. The van der Waals surface area contributed by atoms with E-state index in [9.17, 15) is 9.59 Å². The maximum Gasteiger partial charge on any atom is 0.324 e. The van der Waals surface area contributed by atoms with Crippen molar-refractivity contribution in [3.8, 4) is 23.0 Å². The average Bonchev–Trinajstić information content (AvgIpc) is 3.16. The Hall–Kier alpha value is -3.80. The summed E-state index contributed by atoms with van der Waals surface area (Å²) >= 11 is 0. The van der Waals surface area contributed by atoms with E-state index >= 15 is 0 Å². The maximum atomic E-state index is 12.9. The molecule has 0 saturated heterocycles. The Morgan fingerprint density at radius 1 is 0.919 bits per heavy atom. The molecule has 0 atom stereocenters. The third-order valence-corrected chi connectivity index (χ3v) is 6.81. The van der Waals surface area contributed by atoms with Crippen molar-refractivity contribution in [1.29, 1.82) is 0 Å². The third kappa shape index (κ3) is 5.63. The van der Waals surface area contributed by atoms with Crippen LogP contribution < -0.4 is 0 Å². The molecule has 0 amide bonds. The molecule has 0 bridgehead atoms. The Morgan fingerprint density at radius 2 is 1.46 bits per heavy atom. The maximum absolute atomic E-state index is 12.9. The molecule has 4 nitrogen and oxygen atoms in total. The number of fused-ring (bicyclic) bond motifs is 3. The first-order chi connectivity index (χ1) is 17.6. The van der Waals surface area contributed by atoms with Gasteiger partial charge in [-0.15, -0.1) is 24.2 Å². The number of hydrogen-bond acceptors (Lipinski definition) is 4. The zero-order chi connectivity index (χ0) is 27.1. The average molecular weight is 497 g/mol. The van der Waals surface area contributed by atoms with Gasteiger partial charge in [0.25, 0.3) is 0 Å². The number of carbonyl (C=O) groups excluding carboxylic acids is 2. The SMILES string of the molecule is C=CCC1(CC#CCC(CC=C=CC(C)(C)C)(C(=O)OC)C(=O)OC)c2ccccc2-c2ccccc21. The Balaban J connectivity index is 1.99. The lowest BCUT2D eigenvalue weighted by molar-refractivity contribution is -0.168. The van der Waals surface area contributed by atoms with Gasteiger partial charge in [0.1, 0.15) is 0 Å². The van der Waals surface area contributed by atoms with Crippen LogP contribution in [-0.4, -0.2) is 26.2 Å². The summed E-state index contributed by atoms with van der Waals surface area (Å²) in [5.74, 6) is 5.12. The largest absolute Gasteiger partial charge is 0.468 e. The van der Waals surface area contributed by atoms with Crippen LogP contribution in [0.4, 0.5) is 0 Å². The molecular formula is C33H36O4. The van der Waals surface area contributed by atoms with E-state index in [0.29, 0.717) is 6.42 Å². The molecule has 4 heteroatoms. The van der Waals surface area contributed by atoms with Gasteiger partial charge in [-0.25, -0.2) is 0 Å². The molecule has 0 aliphatic heterocycles. The van der Waals surface area contributed by atoms with Crippen LogP contribution in [0.5, 0.6) is 0 Å². The van der Waals surface area contributed by atoms with E-state index in [1.165, 1.54) is 36.5 Å². The fraction of sp³-hybridized carbons (Fsp3) is 0.364. The van der Waals surface area contributed by atoms with E-state index in [2.05, 4.69) is 48.4 Å². The van der Waals surface area contributed by atoms with Gasteiger partial charge in [0.15, 0.2) is 5.41 Å². The molecule has 0 aromatic heterocycles. The Bertz CT molecular complexity index is 1230. The minimum Gasteiger partial charge on any atom is -0.468 e. The van der Waals surface area contributed by atoms with Crippen LogP contribution in [0.25, 0.3) is 11.1 Å². The number of allylic oxidation sites excluding steroid dienone is 2. The highest BCUT2D eigenvalue weighted by Gasteiger charge is 2.47. The molecule has 0 spiro atoms. The second-order valence-corrected chi connectivity index (χ2v) is 10.5. The molecule has 0 unspecified atom stereocenters. The van der Waals surface area contributed by atoms with Gasteiger partial charge in [-0.3, -0.25) is 9.59 Å². The summed E-state index contributed by atoms with van der Waals surface area (Å²) in [6, 6.07) is 16.8. The molecule has 0 N–H and O–H groups in total. The van der Waals surface area contributed by atoms with Crippen molar-refractivity contribution in [2.24, 2.45) is 10.8 Å². The summed E-state index contributed by atoms with van der Waals surface area (Å²) in [6.07, 6.45) is 6.81. The second-order valence-electron chi connectivity index (χ2n) is 10.5. The van der Waals surface area contributed by atoms with Gasteiger partial charge < -0.3 is 9.47 Å². The van der Waals surface area contributed by atoms with Gasteiger partial charge in [-0.2, -0.15) is 0 Å². The van der Waals surface area contributed by atoms with Gasteiger partial charge >= 0.3 is 11.9 Å². The van der Waals surface area contributed by atoms with Crippen LogP contribution in [0.2, 0.25) is 0 Å². The van der Waals surface area contributed by atoms with Crippen molar-refractivity contribution in [3.05, 3.63) is 90.2 Å². The van der Waals surface area contributed by atoms with Gasteiger partial charge in [0, 0.05) is 24.7 Å². The zero-order valence-corrected chi connectivity index (χ0v) is 22.5. The van der Waals surface area contributed by atoms with E-state index in [-0.39, 0.29) is 23.7 Å². The molecule has 0 heterocycles. The number of carbonyl (C=O) groups is 2. The molecule has 0 radical (unpaired) electrons. The number of hydrogen-bond donors (Lipinski definition) is 0. The molecule has 0 fully saturated rings. The van der Waals surface area contributed by atoms with Crippen LogP contribution in [0.15, 0.2) is 79.1 Å². The van der Waals surface area contributed by atoms with E-state index in [1.807, 2.05) is 57.2 Å². The number of methoxy groups -OCH3 is 2. The van der Waals surface area contributed by atoms with Crippen molar-refractivity contribution in [2.75, 3.05) is 14.2 Å². The lowest BCUT2D eigenvalue weighted by Crippen LogP contribution is -2.40. The Labute approximate surface area is 221 Å². The monoisotopic (exact) mass is 496 g/mol. The minimum atomic E-state index is -1.56. The summed E-state index contributed by atoms with van der Waals surface area (Å²) in [7, 11) is 2.54. The molecule has 1 aliphatic carbocycles. The predicted molar refractivity (Wildman–Crippen MR) is 148 cm³/mol. The topological polar surface area (TPSA) is 52.6 Å². The number of rotatable bonds is 8. The number of esters is 2. The number of ether oxygens (including phenoxy) is 2. The van der Waals surface area contributed by atoms with Crippen molar-refractivity contribution in [3.63, 3.8) is 0 Å². The highest BCUT2D eigenvalue weighted by Crippen LogP contribution is 2.52. The molecule has 2 aromatic rings. The van der Waals surface area contributed by atoms with Crippen LogP contribution in [0.1, 0.15) is 57.6 Å². The highest BCUT2D eigenvalue weighted by atomic mass is 16.5. The molecule has 3 rings (SSSR count). The second kappa shape index (κ2) is 11.5. The first-order valence-corrected chi connectivity index (χ1v) is 12.5. The summed E-state index contributed by atoms with van der Waals surface area (Å²) in [4.78, 5) is 25.8. The van der Waals surface area contributed by atoms with Crippen molar-refractivity contribution in [1.82, 2.24) is 0 Å². The normalized spacial score (nSPS) is 13.1. The van der Waals surface area contributed by atoms with Gasteiger partial charge in [-0.05, 0) is 46.2 Å². The first kappa shape index (κ1) is 27.8. The summed E-state index contributed by atoms with van der Waals surface area (Å²) < 4.78 is 10.1. The standard InChI is InChI=1S/C33H36O4/c1-7-20-32(27-18-10-8-16-25(27)26-17-9-11-19-28(26)32)22-14-15-24-33(29(34)36-5,30(35)37-6)23-13-12-21-31(2,3)4/h7-11,13,16-19,21H,1,20,22-24H2,2-6H3. The van der Waals surface area contributed by atoms with Gasteiger partial charge in [0.2, 0.25) is 0 Å². The minimum absolute atomic E-state index is 0.0203. The highest BCUT2D eigenvalue weighted by molar-refractivity contribution is 6.00. The van der Waals surface area contributed by atoms with Crippen molar-refractivity contribution >= 4 is 11.9 Å². The van der Waals surface area contributed by atoms with E-state index < -0.39 is 17.4 Å². The third-order valence-electron chi connectivity index (χ3n) is 6.81. The van der Waals surface area contributed by atoms with Crippen LogP contribution in [0, 0.1) is 22.7 Å². The van der Waals surface area contributed by atoms with Gasteiger partial charge in [-0.1, -0.05) is 75.4 Å². The fourth-order valence-corrected chi connectivity index (χ4v) is 4.97. The first-order valence-electron chi connectivity index (χ1n) is 12.5. The summed E-state index contributed by atoms with van der Waals surface area (Å²) in [5, 5.41) is 0. The number of benzene rings is 2. The van der Waals surface area contributed by atoms with Crippen molar-refractivity contribution in [2.45, 2.75) is 51.9 Å². The molecule has 192 valence electrons. The van der Waals surface area contributed by atoms with Crippen LogP contribution in [-0.2, 0) is 24.5 Å². The van der Waals surface area contributed by atoms with E-state index in [4.69, 9.17) is 9.47 Å². The lowest BCUT2D eigenvalue weighted by Gasteiger charge is -2.29. The molecule has 1 aliphatic rings. The molecule has 37 heavy (non-hydrogen) atoms. The van der Waals surface area contributed by atoms with Gasteiger partial charge in [0.05, 0.1) is 14.2 Å². The Kier molecular flexibility index (Phi) is 8.64. The molecular weight excluding hydrogens is 460 g/mol. The van der Waals surface area contributed by atoms with Crippen molar-refractivity contribution < 1.29 is 19.1 Å². The smallest absolute Gasteiger partial charge is 0.324 e. The van der Waals surface area contributed by atoms with E-state index in [1.54, 1.807) is 6.08 Å². The van der Waals surface area contributed by atoms with Crippen LogP contribution in [0.3, 0.4) is 0 Å². The zero-order valence-electron chi connectivity index (χ0n) is 22.5. The fourth-order valence-electron chi connectivity index (χ4n) is 4.97. The lowest BCUT2D eigenvalue weighted by atomic mass is 9.73. The Morgan fingerprint density at radius 3 is 1.95 bits per heavy atom.